The van der Waals surface area contributed by atoms with Crippen LogP contribution in [0.25, 0.3) is 0 Å². The number of likely N-dealkylation sites (N-methyl/N-ethyl adjacent to an activating group) is 1. The fourth-order valence-corrected chi connectivity index (χ4v) is 4.03. The van der Waals surface area contributed by atoms with E-state index >= 15 is 0 Å². The van der Waals surface area contributed by atoms with E-state index in [2.05, 4.69) is 26.1 Å². The van der Waals surface area contributed by atoms with Crippen molar-refractivity contribution in [3.05, 3.63) is 0 Å². The summed E-state index contributed by atoms with van der Waals surface area (Å²) in [6.45, 7) is 10.5. The maximum absolute atomic E-state index is 11.9. The number of rotatable bonds is 4. The molecule has 1 amide bonds. The highest BCUT2D eigenvalue weighted by Gasteiger charge is 2.61. The van der Waals surface area contributed by atoms with Gasteiger partial charge in [-0.25, -0.2) is 0 Å². The molecule has 0 aromatic heterocycles. The van der Waals surface area contributed by atoms with Gasteiger partial charge in [0.05, 0.1) is 6.54 Å². The molecule has 2 saturated carbocycles. The SMILES string of the molecule is CCN(C)C(=O)CNC1CC2CCC1(C)C2(C)C. The smallest absolute Gasteiger partial charge is 0.236 e. The fraction of sp³-hybridized carbons (Fsp3) is 0.933. The second-order valence-electron chi connectivity index (χ2n) is 6.95. The minimum atomic E-state index is 0.210. The van der Waals surface area contributed by atoms with Crippen molar-refractivity contribution in [2.75, 3.05) is 20.1 Å². The van der Waals surface area contributed by atoms with Crippen LogP contribution in [-0.4, -0.2) is 37.0 Å². The monoisotopic (exact) mass is 252 g/mol. The number of amides is 1. The Kier molecular flexibility index (Phi) is 3.48. The van der Waals surface area contributed by atoms with Gasteiger partial charge in [0.2, 0.25) is 5.91 Å². The zero-order chi connectivity index (χ0) is 13.6. The summed E-state index contributed by atoms with van der Waals surface area (Å²) < 4.78 is 0. The van der Waals surface area contributed by atoms with Crippen molar-refractivity contribution in [2.45, 2.75) is 53.0 Å². The normalized spacial score (nSPS) is 36.9. The summed E-state index contributed by atoms with van der Waals surface area (Å²) in [5.74, 6) is 1.04. The number of nitrogens with zero attached hydrogens (tertiary/aromatic N) is 1. The Hall–Kier alpha value is -0.570. The quantitative estimate of drug-likeness (QED) is 0.832. The molecule has 3 nitrogen and oxygen atoms in total. The van der Waals surface area contributed by atoms with Crippen LogP contribution in [0.2, 0.25) is 0 Å². The van der Waals surface area contributed by atoms with E-state index in [1.165, 1.54) is 19.3 Å². The van der Waals surface area contributed by atoms with Crippen molar-refractivity contribution in [1.82, 2.24) is 10.2 Å². The number of hydrogen-bond donors (Lipinski definition) is 1. The van der Waals surface area contributed by atoms with Gasteiger partial charge in [-0.05, 0) is 42.9 Å². The molecule has 18 heavy (non-hydrogen) atoms. The summed E-state index contributed by atoms with van der Waals surface area (Å²) in [4.78, 5) is 13.7. The first-order chi connectivity index (χ1) is 8.33. The van der Waals surface area contributed by atoms with Crippen LogP contribution >= 0.6 is 0 Å². The lowest BCUT2D eigenvalue weighted by atomic mass is 9.69. The zero-order valence-electron chi connectivity index (χ0n) is 12.5. The Morgan fingerprint density at radius 2 is 2.06 bits per heavy atom. The molecule has 0 aromatic rings. The molecule has 0 aromatic carbocycles. The molecular formula is C15H28N2O. The molecule has 0 spiro atoms. The standard InChI is InChI=1S/C15H28N2O/c1-6-17(5)13(18)10-16-12-9-11-7-8-15(12,4)14(11,2)3/h11-12,16H,6-10H2,1-5H3. The zero-order valence-corrected chi connectivity index (χ0v) is 12.5. The molecule has 1 N–H and O–H groups in total. The average Bonchev–Trinajstić information content (AvgIpc) is 2.67. The minimum Gasteiger partial charge on any atom is -0.345 e. The predicted molar refractivity (Wildman–Crippen MR) is 74.3 cm³/mol. The van der Waals surface area contributed by atoms with E-state index in [9.17, 15) is 4.79 Å². The minimum absolute atomic E-state index is 0.210. The van der Waals surface area contributed by atoms with Gasteiger partial charge in [-0.1, -0.05) is 20.8 Å². The van der Waals surface area contributed by atoms with Gasteiger partial charge in [0.1, 0.15) is 0 Å². The van der Waals surface area contributed by atoms with Gasteiger partial charge in [-0.15, -0.1) is 0 Å². The predicted octanol–water partition coefficient (Wildman–Crippen LogP) is 2.27. The molecule has 3 unspecified atom stereocenters. The second kappa shape index (κ2) is 4.52. The molecule has 2 fully saturated rings. The summed E-state index contributed by atoms with van der Waals surface area (Å²) >= 11 is 0. The number of nitrogens with one attached hydrogen (secondary N) is 1. The first-order valence-corrected chi connectivity index (χ1v) is 7.30. The van der Waals surface area contributed by atoms with Gasteiger partial charge in [0.15, 0.2) is 0 Å². The largest absolute Gasteiger partial charge is 0.345 e. The van der Waals surface area contributed by atoms with Crippen molar-refractivity contribution in [2.24, 2.45) is 16.7 Å². The third kappa shape index (κ3) is 1.87. The van der Waals surface area contributed by atoms with Gasteiger partial charge in [0, 0.05) is 19.6 Å². The molecule has 104 valence electrons. The lowest BCUT2D eigenvalue weighted by Gasteiger charge is -2.39. The van der Waals surface area contributed by atoms with E-state index in [1.54, 1.807) is 4.90 Å². The molecule has 2 bridgehead atoms. The van der Waals surface area contributed by atoms with Crippen molar-refractivity contribution in [3.8, 4) is 0 Å². The highest BCUT2D eigenvalue weighted by Crippen LogP contribution is 2.65. The van der Waals surface area contributed by atoms with Crippen LogP contribution < -0.4 is 5.32 Å². The van der Waals surface area contributed by atoms with Crippen molar-refractivity contribution >= 4 is 5.91 Å². The first-order valence-electron chi connectivity index (χ1n) is 7.30. The molecule has 0 aliphatic heterocycles. The van der Waals surface area contributed by atoms with Gasteiger partial charge < -0.3 is 10.2 Å². The van der Waals surface area contributed by atoms with Gasteiger partial charge in [-0.2, -0.15) is 0 Å². The van der Waals surface area contributed by atoms with E-state index in [4.69, 9.17) is 0 Å². The number of carbonyl (C=O) groups is 1. The molecule has 3 atom stereocenters. The van der Waals surface area contributed by atoms with Crippen LogP contribution in [0, 0.1) is 16.7 Å². The van der Waals surface area contributed by atoms with E-state index in [1.807, 2.05) is 14.0 Å². The van der Waals surface area contributed by atoms with Crippen LogP contribution in [0.4, 0.5) is 0 Å². The van der Waals surface area contributed by atoms with Crippen molar-refractivity contribution in [3.63, 3.8) is 0 Å². The Labute approximate surface area is 111 Å². The summed E-state index contributed by atoms with van der Waals surface area (Å²) in [7, 11) is 1.87. The van der Waals surface area contributed by atoms with Crippen molar-refractivity contribution < 1.29 is 4.79 Å². The maximum atomic E-state index is 11.9. The van der Waals surface area contributed by atoms with Crippen LogP contribution in [-0.2, 0) is 4.79 Å². The van der Waals surface area contributed by atoms with Crippen LogP contribution in [0.15, 0.2) is 0 Å². The number of carbonyl (C=O) groups excluding carboxylic acids is 1. The lowest BCUT2D eigenvalue weighted by Crippen LogP contribution is -2.48. The summed E-state index contributed by atoms with van der Waals surface area (Å²) in [5.41, 5.74) is 0.785. The Bertz CT molecular complexity index is 339. The third-order valence-electron chi connectivity index (χ3n) is 6.19. The summed E-state index contributed by atoms with van der Waals surface area (Å²) in [6.07, 6.45) is 3.91. The van der Waals surface area contributed by atoms with Crippen molar-refractivity contribution in [1.29, 1.82) is 0 Å². The van der Waals surface area contributed by atoms with E-state index in [0.29, 0.717) is 23.4 Å². The Balaban J connectivity index is 1.95. The fourth-order valence-electron chi connectivity index (χ4n) is 4.03. The molecule has 0 heterocycles. The summed E-state index contributed by atoms with van der Waals surface area (Å²) in [5, 5.41) is 3.53. The highest BCUT2D eigenvalue weighted by molar-refractivity contribution is 5.77. The van der Waals surface area contributed by atoms with Crippen LogP contribution in [0.1, 0.15) is 47.0 Å². The first kappa shape index (κ1) is 13.9. The topological polar surface area (TPSA) is 32.3 Å². The van der Waals surface area contributed by atoms with Crippen LogP contribution in [0.5, 0.6) is 0 Å². The maximum Gasteiger partial charge on any atom is 0.236 e. The Morgan fingerprint density at radius 3 is 2.50 bits per heavy atom. The number of fused-ring (bicyclic) bond motifs is 2. The average molecular weight is 252 g/mol. The molecule has 0 radical (unpaired) electrons. The molecular weight excluding hydrogens is 224 g/mol. The van der Waals surface area contributed by atoms with Gasteiger partial charge in [0.25, 0.3) is 0 Å². The third-order valence-corrected chi connectivity index (χ3v) is 6.19. The van der Waals surface area contributed by atoms with Gasteiger partial charge >= 0.3 is 0 Å². The highest BCUT2D eigenvalue weighted by atomic mass is 16.2. The van der Waals surface area contributed by atoms with E-state index in [0.717, 1.165) is 12.5 Å². The molecule has 2 rings (SSSR count). The Morgan fingerprint density at radius 1 is 1.39 bits per heavy atom. The van der Waals surface area contributed by atoms with E-state index in [-0.39, 0.29) is 5.91 Å². The molecule has 3 heteroatoms. The van der Waals surface area contributed by atoms with E-state index < -0.39 is 0 Å². The van der Waals surface area contributed by atoms with Gasteiger partial charge in [-0.3, -0.25) is 4.79 Å². The van der Waals surface area contributed by atoms with Crippen LogP contribution in [0.3, 0.4) is 0 Å². The lowest BCUT2D eigenvalue weighted by molar-refractivity contribution is -0.129. The molecule has 0 saturated heterocycles. The number of hydrogen-bond acceptors (Lipinski definition) is 2. The molecule has 2 aliphatic carbocycles. The summed E-state index contributed by atoms with van der Waals surface area (Å²) in [6, 6.07) is 0.514. The second-order valence-corrected chi connectivity index (χ2v) is 6.95. The molecule has 2 aliphatic rings.